The van der Waals surface area contributed by atoms with E-state index in [1.54, 1.807) is 0 Å². The van der Waals surface area contributed by atoms with Crippen molar-refractivity contribution in [1.29, 1.82) is 0 Å². The molecule has 0 fully saturated rings. The molecule has 6 heterocycles. The van der Waals surface area contributed by atoms with Gasteiger partial charge in [0.1, 0.15) is 11.6 Å². The number of hydrogen-bond acceptors (Lipinski definition) is 6. The zero-order valence-electron chi connectivity index (χ0n) is 38.1. The van der Waals surface area contributed by atoms with Gasteiger partial charge in [0, 0.05) is 54.4 Å². The Hall–Kier alpha value is -7.26. The first-order valence-corrected chi connectivity index (χ1v) is 24.0. The summed E-state index contributed by atoms with van der Waals surface area (Å²) >= 11 is 3.67. The zero-order chi connectivity index (χ0) is 45.4. The summed E-state index contributed by atoms with van der Waals surface area (Å²) in [5, 5.41) is 0. The van der Waals surface area contributed by atoms with Crippen LogP contribution >= 0.6 is 22.7 Å². The Kier molecular flexibility index (Phi) is 11.4. The number of pyridine rings is 2. The van der Waals surface area contributed by atoms with Crippen LogP contribution in [0.3, 0.4) is 0 Å². The molecule has 326 valence electrons. The molecular formula is C58H52N6S2. The minimum absolute atomic E-state index is 0.183. The summed E-state index contributed by atoms with van der Waals surface area (Å²) < 4.78 is 4.87. The maximum absolute atomic E-state index is 4.53. The Morgan fingerprint density at radius 2 is 0.727 bits per heavy atom. The van der Waals surface area contributed by atoms with Crippen LogP contribution in [0.4, 0.5) is 34.4 Å². The summed E-state index contributed by atoms with van der Waals surface area (Å²) in [6, 6.07) is 65.4. The largest absolute Gasteiger partial charge is 0.322 e. The highest BCUT2D eigenvalue weighted by Crippen LogP contribution is 2.45. The summed E-state index contributed by atoms with van der Waals surface area (Å²) in [6.45, 7) is 13.6. The third kappa shape index (κ3) is 8.41. The summed E-state index contributed by atoms with van der Waals surface area (Å²) in [6.07, 6.45) is 7.54. The number of hydrogen-bond donors (Lipinski definition) is 0. The molecule has 10 aromatic rings. The average Bonchev–Trinajstić information content (AvgIpc) is 4.18. The van der Waals surface area contributed by atoms with E-state index in [-0.39, 0.29) is 11.1 Å². The van der Waals surface area contributed by atoms with Crippen molar-refractivity contribution < 1.29 is 0 Å². The van der Waals surface area contributed by atoms with Crippen LogP contribution < -0.4 is 9.80 Å². The molecule has 0 spiro atoms. The zero-order valence-corrected chi connectivity index (χ0v) is 39.8. The fraction of sp³-hybridized carbons (Fsp3) is 0.138. The van der Waals surface area contributed by atoms with Gasteiger partial charge >= 0.3 is 0 Å². The quantitative estimate of drug-likeness (QED) is 0.130. The molecule has 66 heavy (non-hydrogen) atoms. The minimum Gasteiger partial charge on any atom is -0.322 e. The van der Waals surface area contributed by atoms with Gasteiger partial charge in [-0.15, -0.1) is 22.7 Å². The fourth-order valence-electron chi connectivity index (χ4n) is 8.88. The van der Waals surface area contributed by atoms with Crippen LogP contribution in [-0.4, -0.2) is 19.1 Å². The standard InChI is InChI=1S/C58H52N6S2/c1-57(2,3)63-49(41-15-9-7-10-16-41)29-35-55(63)61(47-19-13-37-59-39-47)45-25-21-43(22-26-45)51-31-33-53(65-51)54-34-32-52(66-54)44-23-27-46(28-24-44)62(48-20-14-38-60-40-48)56-36-30-50(64(56)58(4,5)6)42-17-11-8-12-18-42/h7-40H,1-6H3. The maximum atomic E-state index is 4.53. The molecule has 6 nitrogen and oxygen atoms in total. The second-order valence-electron chi connectivity index (χ2n) is 18.4. The van der Waals surface area contributed by atoms with Crippen molar-refractivity contribution in [3.8, 4) is 53.2 Å². The van der Waals surface area contributed by atoms with Crippen molar-refractivity contribution in [2.24, 2.45) is 0 Å². The molecule has 0 aliphatic rings. The van der Waals surface area contributed by atoms with E-state index in [0.717, 1.165) is 34.4 Å². The van der Waals surface area contributed by atoms with E-state index in [4.69, 9.17) is 0 Å². The third-order valence-electron chi connectivity index (χ3n) is 11.7. The van der Waals surface area contributed by atoms with Crippen LogP contribution in [-0.2, 0) is 11.1 Å². The van der Waals surface area contributed by atoms with Crippen molar-refractivity contribution in [3.05, 3.63) is 207 Å². The van der Waals surface area contributed by atoms with E-state index in [1.165, 1.54) is 53.2 Å². The van der Waals surface area contributed by atoms with Crippen molar-refractivity contribution in [2.75, 3.05) is 9.80 Å². The summed E-state index contributed by atoms with van der Waals surface area (Å²) in [7, 11) is 0. The molecule has 0 N–H and O–H groups in total. The highest BCUT2D eigenvalue weighted by molar-refractivity contribution is 7.25. The van der Waals surface area contributed by atoms with Crippen LogP contribution in [0.1, 0.15) is 41.5 Å². The molecule has 6 aromatic heterocycles. The van der Waals surface area contributed by atoms with E-state index >= 15 is 0 Å². The van der Waals surface area contributed by atoms with Crippen LogP contribution in [0.15, 0.2) is 207 Å². The molecular weight excluding hydrogens is 845 g/mol. The minimum atomic E-state index is -0.183. The Labute approximate surface area is 396 Å². The average molecular weight is 897 g/mol. The molecule has 8 heteroatoms. The van der Waals surface area contributed by atoms with Crippen LogP contribution in [0.25, 0.3) is 53.2 Å². The van der Waals surface area contributed by atoms with Gasteiger partial charge in [-0.1, -0.05) is 84.9 Å². The Morgan fingerprint density at radius 3 is 1.08 bits per heavy atom. The topological polar surface area (TPSA) is 42.1 Å². The first-order valence-electron chi connectivity index (χ1n) is 22.4. The number of rotatable bonds is 11. The lowest BCUT2D eigenvalue weighted by atomic mass is 10.1. The molecule has 0 amide bonds. The molecule has 0 unspecified atom stereocenters. The van der Waals surface area contributed by atoms with Crippen LogP contribution in [0, 0.1) is 0 Å². The summed E-state index contributed by atoms with van der Waals surface area (Å²) in [5.41, 5.74) is 10.9. The van der Waals surface area contributed by atoms with E-state index in [1.807, 2.05) is 59.6 Å². The Balaban J connectivity index is 0.921. The van der Waals surface area contributed by atoms with Crippen LogP contribution in [0.2, 0.25) is 0 Å². The smallest absolute Gasteiger partial charge is 0.118 e. The van der Waals surface area contributed by atoms with Crippen LogP contribution in [0.5, 0.6) is 0 Å². The number of aromatic nitrogens is 4. The highest BCUT2D eigenvalue weighted by atomic mass is 32.1. The van der Waals surface area contributed by atoms with Crippen molar-refractivity contribution in [2.45, 2.75) is 52.6 Å². The van der Waals surface area contributed by atoms with E-state index in [0.29, 0.717) is 0 Å². The monoisotopic (exact) mass is 896 g/mol. The van der Waals surface area contributed by atoms with Gasteiger partial charge in [0.15, 0.2) is 0 Å². The molecule has 0 radical (unpaired) electrons. The van der Waals surface area contributed by atoms with Crippen molar-refractivity contribution in [3.63, 3.8) is 0 Å². The molecule has 0 saturated heterocycles. The molecule has 0 bridgehead atoms. The molecule has 0 aliphatic heterocycles. The predicted octanol–water partition coefficient (Wildman–Crippen LogP) is 17.0. The van der Waals surface area contributed by atoms with Gasteiger partial charge in [-0.05, 0) is 161 Å². The van der Waals surface area contributed by atoms with E-state index in [2.05, 4.69) is 240 Å². The summed E-state index contributed by atoms with van der Waals surface area (Å²) in [5.74, 6) is 2.17. The maximum Gasteiger partial charge on any atom is 0.118 e. The van der Waals surface area contributed by atoms with Gasteiger partial charge in [-0.3, -0.25) is 19.8 Å². The van der Waals surface area contributed by atoms with Gasteiger partial charge in [-0.25, -0.2) is 0 Å². The fourth-order valence-corrected chi connectivity index (χ4v) is 11.0. The third-order valence-corrected chi connectivity index (χ3v) is 14.2. The summed E-state index contributed by atoms with van der Waals surface area (Å²) in [4.78, 5) is 18.7. The predicted molar refractivity (Wildman–Crippen MR) is 280 cm³/mol. The van der Waals surface area contributed by atoms with Crippen molar-refractivity contribution in [1.82, 2.24) is 19.1 Å². The molecule has 10 rings (SSSR count). The van der Waals surface area contributed by atoms with Gasteiger partial charge in [0.05, 0.1) is 35.2 Å². The lowest BCUT2D eigenvalue weighted by molar-refractivity contribution is 0.405. The second kappa shape index (κ2) is 17.6. The van der Waals surface area contributed by atoms with Gasteiger partial charge < -0.3 is 9.13 Å². The van der Waals surface area contributed by atoms with Gasteiger partial charge in [0.25, 0.3) is 0 Å². The van der Waals surface area contributed by atoms with Gasteiger partial charge in [0.2, 0.25) is 0 Å². The first kappa shape index (κ1) is 42.7. The molecule has 0 saturated carbocycles. The van der Waals surface area contributed by atoms with E-state index < -0.39 is 0 Å². The van der Waals surface area contributed by atoms with E-state index in [9.17, 15) is 0 Å². The normalized spacial score (nSPS) is 11.8. The molecule has 4 aromatic carbocycles. The first-order chi connectivity index (χ1) is 32.0. The number of anilines is 6. The SMILES string of the molecule is CC(C)(C)n1c(-c2ccccc2)ccc1N(c1ccc(-c2ccc(-c3ccc(-c4ccc(N(c5cccnc5)c5ccc(-c6ccccc6)n5C(C)(C)C)cc4)s3)s2)cc1)c1cccnc1. The Morgan fingerprint density at radius 1 is 0.348 bits per heavy atom. The Bertz CT molecular complexity index is 2970. The van der Waals surface area contributed by atoms with Gasteiger partial charge in [-0.2, -0.15) is 0 Å². The lowest BCUT2D eigenvalue weighted by Crippen LogP contribution is -2.27. The number of nitrogens with zero attached hydrogens (tertiary/aromatic N) is 6. The molecule has 0 aliphatic carbocycles. The molecule has 0 atom stereocenters. The second-order valence-corrected chi connectivity index (χ2v) is 20.6. The number of benzene rings is 4. The van der Waals surface area contributed by atoms with Crippen molar-refractivity contribution >= 4 is 57.1 Å². The highest BCUT2D eigenvalue weighted by Gasteiger charge is 2.28. The number of thiophene rings is 2. The lowest BCUT2D eigenvalue weighted by Gasteiger charge is -2.33.